The summed E-state index contributed by atoms with van der Waals surface area (Å²) in [5.41, 5.74) is 0. The van der Waals surface area contributed by atoms with Crippen LogP contribution in [0.5, 0.6) is 0 Å². The molecule has 1 heterocycles. The maximum absolute atomic E-state index is 9.02. The third kappa shape index (κ3) is 2.06. The summed E-state index contributed by atoms with van der Waals surface area (Å²) >= 11 is 0. The van der Waals surface area contributed by atoms with Crippen LogP contribution in [0.2, 0.25) is 6.04 Å². The summed E-state index contributed by atoms with van der Waals surface area (Å²) in [7, 11) is -3.15. The van der Waals surface area contributed by atoms with Gasteiger partial charge in [0, 0.05) is 12.1 Å². The first-order valence-corrected chi connectivity index (χ1v) is 5.24. The average molecular weight is 148 g/mol. The van der Waals surface area contributed by atoms with Crippen LogP contribution < -0.4 is 0 Å². The molecule has 0 saturated carbocycles. The molecule has 54 valence electrons. The Morgan fingerprint density at radius 3 is 2.56 bits per heavy atom. The van der Waals surface area contributed by atoms with Gasteiger partial charge in [0.05, 0.1) is 0 Å². The highest BCUT2D eigenvalue weighted by atomic mass is 28.4. The summed E-state index contributed by atoms with van der Waals surface area (Å²) in [6, 6.07) is 0.470. The van der Waals surface area contributed by atoms with Crippen molar-refractivity contribution in [1.29, 1.82) is 0 Å². The van der Waals surface area contributed by atoms with Crippen LogP contribution in [0.3, 0.4) is 0 Å². The van der Waals surface area contributed by atoms with Gasteiger partial charge >= 0.3 is 8.80 Å². The molecule has 1 aliphatic heterocycles. The first kappa shape index (κ1) is 7.21. The van der Waals surface area contributed by atoms with Crippen molar-refractivity contribution in [2.45, 2.75) is 31.9 Å². The fraction of sp³-hybridized carbons (Fsp3) is 1.00. The smallest absolute Gasteiger partial charge is 0.390 e. The molecule has 0 aromatic heterocycles. The molecule has 0 amide bonds. The van der Waals surface area contributed by atoms with Crippen LogP contribution in [0, 0.1) is 0 Å². The van der Waals surface area contributed by atoms with E-state index in [1.54, 1.807) is 0 Å². The van der Waals surface area contributed by atoms with Crippen molar-refractivity contribution in [2.24, 2.45) is 0 Å². The van der Waals surface area contributed by atoms with Crippen LogP contribution in [0.25, 0.3) is 0 Å². The van der Waals surface area contributed by atoms with Crippen molar-refractivity contribution in [3.05, 3.63) is 0 Å². The van der Waals surface area contributed by atoms with Crippen LogP contribution in [-0.4, -0.2) is 24.5 Å². The van der Waals surface area contributed by atoms with E-state index in [1.807, 2.05) is 6.92 Å². The number of rotatable bonds is 0. The van der Waals surface area contributed by atoms with Crippen molar-refractivity contribution in [1.82, 2.24) is 0 Å². The van der Waals surface area contributed by atoms with E-state index >= 15 is 0 Å². The summed E-state index contributed by atoms with van der Waals surface area (Å²) in [6.07, 6.45) is 1.89. The molecule has 0 spiro atoms. The Labute approximate surface area is 55.6 Å². The van der Waals surface area contributed by atoms with Crippen molar-refractivity contribution < 1.29 is 14.0 Å². The van der Waals surface area contributed by atoms with Gasteiger partial charge in [0.1, 0.15) is 0 Å². The highest BCUT2D eigenvalue weighted by molar-refractivity contribution is 6.57. The zero-order chi connectivity index (χ0) is 6.91. The molecule has 1 rings (SSSR count). The quantitative estimate of drug-likeness (QED) is 0.479. The molecule has 1 aliphatic rings. The van der Waals surface area contributed by atoms with Gasteiger partial charge in [-0.3, -0.25) is 0 Å². The van der Waals surface area contributed by atoms with Gasteiger partial charge in [0.2, 0.25) is 0 Å². The van der Waals surface area contributed by atoms with Crippen LogP contribution in [0.15, 0.2) is 0 Å². The van der Waals surface area contributed by atoms with E-state index in [2.05, 4.69) is 0 Å². The minimum absolute atomic E-state index is 0.0421. The molecule has 0 bridgehead atoms. The second kappa shape index (κ2) is 2.38. The van der Waals surface area contributed by atoms with Gasteiger partial charge in [0.15, 0.2) is 0 Å². The highest BCUT2D eigenvalue weighted by Gasteiger charge is 2.37. The minimum Gasteiger partial charge on any atom is -0.390 e. The van der Waals surface area contributed by atoms with Crippen LogP contribution in [-0.2, 0) is 4.43 Å². The summed E-state index contributed by atoms with van der Waals surface area (Å²) in [4.78, 5) is 18.0. The Kier molecular flexibility index (Phi) is 1.90. The van der Waals surface area contributed by atoms with Crippen LogP contribution in [0.4, 0.5) is 0 Å². The largest absolute Gasteiger partial charge is 0.495 e. The lowest BCUT2D eigenvalue weighted by Crippen LogP contribution is -2.44. The molecular formula is C5H12O3Si. The Hall–Kier alpha value is 0.0969. The first-order valence-electron chi connectivity index (χ1n) is 3.23. The summed E-state index contributed by atoms with van der Waals surface area (Å²) < 4.78 is 4.92. The molecule has 0 aromatic rings. The molecule has 1 unspecified atom stereocenters. The molecule has 0 radical (unpaired) electrons. The number of hydrogen-bond acceptors (Lipinski definition) is 3. The highest BCUT2D eigenvalue weighted by Crippen LogP contribution is 2.20. The van der Waals surface area contributed by atoms with Crippen LogP contribution in [0.1, 0.15) is 19.8 Å². The molecule has 0 aromatic carbocycles. The second-order valence-electron chi connectivity index (χ2n) is 2.56. The summed E-state index contributed by atoms with van der Waals surface area (Å²) in [6.45, 7) is 1.87. The van der Waals surface area contributed by atoms with E-state index < -0.39 is 8.80 Å². The lowest BCUT2D eigenvalue weighted by Gasteiger charge is -2.27. The lowest BCUT2D eigenvalue weighted by atomic mass is 10.2. The number of hydrogen-bond donors (Lipinski definition) is 2. The Balaban J connectivity index is 2.41. The van der Waals surface area contributed by atoms with Gasteiger partial charge in [-0.05, 0) is 19.8 Å². The van der Waals surface area contributed by atoms with Gasteiger partial charge in [-0.2, -0.15) is 0 Å². The molecular weight excluding hydrogens is 136 g/mol. The van der Waals surface area contributed by atoms with E-state index in [-0.39, 0.29) is 6.10 Å². The monoisotopic (exact) mass is 148 g/mol. The normalized spacial score (nSPS) is 34.3. The summed E-state index contributed by atoms with van der Waals surface area (Å²) in [5, 5.41) is 0. The zero-order valence-corrected chi connectivity index (χ0v) is 6.50. The van der Waals surface area contributed by atoms with Gasteiger partial charge in [-0.1, -0.05) is 0 Å². The van der Waals surface area contributed by atoms with Crippen molar-refractivity contribution in [2.75, 3.05) is 0 Å². The molecule has 2 N–H and O–H groups in total. The van der Waals surface area contributed by atoms with Crippen LogP contribution >= 0.6 is 0 Å². The Morgan fingerprint density at radius 2 is 2.22 bits per heavy atom. The Morgan fingerprint density at radius 1 is 1.56 bits per heavy atom. The van der Waals surface area contributed by atoms with Crippen molar-refractivity contribution >= 4 is 8.80 Å². The van der Waals surface area contributed by atoms with Crippen molar-refractivity contribution in [3.8, 4) is 0 Å². The predicted molar refractivity (Wildman–Crippen MR) is 34.8 cm³/mol. The predicted octanol–water partition coefficient (Wildman–Crippen LogP) is 0.109. The third-order valence-electron chi connectivity index (χ3n) is 1.50. The third-order valence-corrected chi connectivity index (χ3v) is 3.29. The molecule has 3 nitrogen and oxygen atoms in total. The average Bonchev–Trinajstić information content (AvgIpc) is 1.60. The van der Waals surface area contributed by atoms with Gasteiger partial charge < -0.3 is 14.0 Å². The standard InChI is InChI=1S/C5H12O3Si/c1-5-3-2-4-9(6,7)8-5/h5-7H,2-4H2,1H3. The van der Waals surface area contributed by atoms with E-state index in [1.165, 1.54) is 0 Å². The topological polar surface area (TPSA) is 49.7 Å². The summed E-state index contributed by atoms with van der Waals surface area (Å²) in [5.74, 6) is 0. The lowest BCUT2D eigenvalue weighted by molar-refractivity contribution is 0.0733. The van der Waals surface area contributed by atoms with E-state index in [9.17, 15) is 0 Å². The van der Waals surface area contributed by atoms with E-state index in [0.29, 0.717) is 6.04 Å². The molecule has 4 heteroatoms. The van der Waals surface area contributed by atoms with E-state index in [0.717, 1.165) is 12.8 Å². The molecule has 1 atom stereocenters. The SMILES string of the molecule is CC1CCC[Si](O)(O)O1. The Bertz CT molecular complexity index is 104. The molecule has 9 heavy (non-hydrogen) atoms. The van der Waals surface area contributed by atoms with Gasteiger partial charge in [-0.15, -0.1) is 0 Å². The zero-order valence-electron chi connectivity index (χ0n) is 5.50. The minimum atomic E-state index is -3.15. The molecule has 1 saturated heterocycles. The maximum atomic E-state index is 9.02. The maximum Gasteiger partial charge on any atom is 0.495 e. The van der Waals surface area contributed by atoms with Gasteiger partial charge in [0.25, 0.3) is 0 Å². The fourth-order valence-corrected chi connectivity index (χ4v) is 2.60. The van der Waals surface area contributed by atoms with E-state index in [4.69, 9.17) is 14.0 Å². The second-order valence-corrected chi connectivity index (χ2v) is 4.79. The van der Waals surface area contributed by atoms with Crippen molar-refractivity contribution in [3.63, 3.8) is 0 Å². The fourth-order valence-electron chi connectivity index (χ4n) is 1.06. The molecule has 1 fully saturated rings. The first-order chi connectivity index (χ1) is 4.10. The molecule has 0 aliphatic carbocycles. The van der Waals surface area contributed by atoms with Gasteiger partial charge in [-0.25, -0.2) is 0 Å².